The Hall–Kier alpha value is -7.99. The molecule has 6 aromatic heterocycles. The zero-order chi connectivity index (χ0) is 57.8. The van der Waals surface area contributed by atoms with E-state index >= 15 is 0 Å². The van der Waals surface area contributed by atoms with Gasteiger partial charge in [0.25, 0.3) is 0 Å². The zero-order valence-corrected chi connectivity index (χ0v) is 56.9. The van der Waals surface area contributed by atoms with Crippen molar-refractivity contribution in [1.29, 1.82) is 0 Å². The predicted octanol–water partition coefficient (Wildman–Crippen LogP) is 18.5. The molecule has 0 aliphatic carbocycles. The first-order chi connectivity index (χ1) is 41.2. The van der Waals surface area contributed by atoms with Crippen LogP contribution in [0.3, 0.4) is 0 Å². The Balaban J connectivity index is 0.00000410. The summed E-state index contributed by atoms with van der Waals surface area (Å²) >= 11 is 0. The maximum atomic E-state index is 5.43. The second-order valence-corrected chi connectivity index (χ2v) is 22.3. The fourth-order valence-corrected chi connectivity index (χ4v) is 12.8. The van der Waals surface area contributed by atoms with E-state index in [1.54, 1.807) is 0 Å². The van der Waals surface area contributed by atoms with Gasteiger partial charge in [0.15, 0.2) is 0 Å². The van der Waals surface area contributed by atoms with Gasteiger partial charge in [0.05, 0.1) is 45.6 Å². The van der Waals surface area contributed by atoms with E-state index < -0.39 is 0 Å². The van der Waals surface area contributed by atoms with E-state index in [2.05, 4.69) is 237 Å². The van der Waals surface area contributed by atoms with Gasteiger partial charge < -0.3 is 19.9 Å². The van der Waals surface area contributed by atoms with E-state index in [0.717, 1.165) is 174 Å². The van der Waals surface area contributed by atoms with Gasteiger partial charge in [0.2, 0.25) is 0 Å². The minimum Gasteiger partial charge on any atom is -0.657 e. The summed E-state index contributed by atoms with van der Waals surface area (Å²) in [5, 5.41) is 0. The first-order valence-corrected chi connectivity index (χ1v) is 30.5. The summed E-state index contributed by atoms with van der Waals surface area (Å²) in [5.41, 5.74) is 25.1. The molecule has 4 aliphatic heterocycles. The quantitative estimate of drug-likeness (QED) is 0.0783. The molecule has 0 N–H and O–H groups in total. The Bertz CT molecular complexity index is 3940. The smallest absolute Gasteiger partial charge is 0.657 e. The van der Waals surface area contributed by atoms with Crippen LogP contribution in [0.2, 0.25) is 0 Å². The molecule has 418 valence electrons. The van der Waals surface area contributed by atoms with Crippen LogP contribution in [0.15, 0.2) is 109 Å². The van der Waals surface area contributed by atoms with Crippen molar-refractivity contribution in [3.63, 3.8) is 0 Å². The number of aromatic nitrogens is 8. The van der Waals surface area contributed by atoms with Crippen molar-refractivity contribution in [2.75, 3.05) is 0 Å². The van der Waals surface area contributed by atoms with Gasteiger partial charge in [-0.1, -0.05) is 140 Å². The van der Waals surface area contributed by atoms with E-state index in [1.165, 1.54) is 22.3 Å². The third kappa shape index (κ3) is 12.2. The molecule has 16 bridgehead atoms. The van der Waals surface area contributed by atoms with Gasteiger partial charge in [-0.05, 0) is 216 Å². The predicted molar refractivity (Wildman–Crippen MR) is 352 cm³/mol. The summed E-state index contributed by atoms with van der Waals surface area (Å²) in [6.45, 7) is 18.0. The fourth-order valence-electron chi connectivity index (χ4n) is 12.8. The monoisotopic (exact) mass is 1220 g/mol. The molecular weight excluding hydrogens is 1160 g/mol. The van der Waals surface area contributed by atoms with E-state index in [0.29, 0.717) is 23.7 Å². The van der Waals surface area contributed by atoms with Crippen LogP contribution in [-0.2, 0) is 39.0 Å². The van der Waals surface area contributed by atoms with Crippen LogP contribution in [0.25, 0.3) is 115 Å². The van der Waals surface area contributed by atoms with Gasteiger partial charge in [-0.15, -0.1) is 44.1 Å². The Morgan fingerprint density at radius 2 is 0.535 bits per heavy atom. The zero-order valence-electron chi connectivity index (χ0n) is 51.0. The summed E-state index contributed by atoms with van der Waals surface area (Å²) in [6.07, 6.45) is 24.8. The van der Waals surface area contributed by atoms with Gasteiger partial charge in [-0.3, -0.25) is 0 Å². The number of hydrogen-bond acceptors (Lipinski definition) is 4. The van der Waals surface area contributed by atoms with Crippen LogP contribution < -0.4 is 19.9 Å². The second-order valence-electron chi connectivity index (χ2n) is 22.3. The van der Waals surface area contributed by atoms with E-state index in [9.17, 15) is 0 Å². The number of nitrogens with zero attached hydrogens (tertiary/aromatic N) is 8. The van der Waals surface area contributed by atoms with E-state index in [4.69, 9.17) is 39.9 Å². The number of hydrogen-bond donors (Lipinski definition) is 0. The minimum absolute atomic E-state index is 0. The molecule has 8 aromatic rings. The van der Waals surface area contributed by atoms with Crippen LogP contribution in [-0.4, -0.2) is 19.9 Å². The number of benzene rings is 2. The molecule has 0 amide bonds. The van der Waals surface area contributed by atoms with Gasteiger partial charge in [-0.2, -0.15) is 0 Å². The molecule has 0 atom stereocenters. The molecule has 10 heterocycles. The molecule has 0 saturated heterocycles. The molecule has 2 aromatic carbocycles. The average molecular weight is 1230 g/mol. The topological polar surface area (TPSA) is 108 Å². The molecule has 0 fully saturated rings. The SMILES string of the molecule is CCC(CC)c1c2nc(cc3nc(c(C(CC)CC)c4ccc([n-]4)c(-c4ccc(C#CC#Cc5ccc(-c6c7ccc([n-]7)c(C(CC)CC)c7nc(cc8nc(c(C(CC)CC)c9ccc6[n-]9)C=C8)C=C7)cc5)cc4)c4ccc1[n-]4)C=C3)C=C2.[Zn+2].[Zn+2]. The molecule has 0 spiro atoms. The normalized spacial score (nSPS) is 12.2. The van der Waals surface area contributed by atoms with Crippen LogP contribution in [0.5, 0.6) is 0 Å². The molecule has 12 rings (SSSR count). The summed E-state index contributed by atoms with van der Waals surface area (Å²) in [5.74, 6) is 14.1. The summed E-state index contributed by atoms with van der Waals surface area (Å²) in [4.78, 5) is 42.4. The largest absolute Gasteiger partial charge is 2.00 e. The molecule has 86 heavy (non-hydrogen) atoms. The van der Waals surface area contributed by atoms with Crippen molar-refractivity contribution in [1.82, 2.24) is 39.9 Å². The fraction of sp³-hybridized carbons (Fsp3) is 0.263. The molecule has 0 saturated carbocycles. The summed E-state index contributed by atoms with van der Waals surface area (Å²) in [7, 11) is 0. The molecular formula is C76H70N8Zn2. The van der Waals surface area contributed by atoms with E-state index in [1.807, 2.05) is 0 Å². The third-order valence-electron chi connectivity index (χ3n) is 17.4. The van der Waals surface area contributed by atoms with Crippen molar-refractivity contribution in [2.24, 2.45) is 0 Å². The van der Waals surface area contributed by atoms with Crippen molar-refractivity contribution in [3.05, 3.63) is 188 Å². The third-order valence-corrected chi connectivity index (χ3v) is 17.4. The van der Waals surface area contributed by atoms with Crippen molar-refractivity contribution in [2.45, 2.75) is 130 Å². The van der Waals surface area contributed by atoms with Gasteiger partial charge in [0, 0.05) is 11.1 Å². The van der Waals surface area contributed by atoms with E-state index in [-0.39, 0.29) is 39.0 Å². The van der Waals surface area contributed by atoms with Gasteiger partial charge in [-0.25, -0.2) is 19.9 Å². The van der Waals surface area contributed by atoms with Crippen LogP contribution in [0.1, 0.15) is 209 Å². The second kappa shape index (κ2) is 27.1. The van der Waals surface area contributed by atoms with Crippen LogP contribution in [0.4, 0.5) is 0 Å². The number of fused-ring (bicyclic) bond motifs is 16. The first-order valence-electron chi connectivity index (χ1n) is 30.5. The van der Waals surface area contributed by atoms with Gasteiger partial charge in [0.1, 0.15) is 0 Å². The van der Waals surface area contributed by atoms with Crippen molar-refractivity contribution in [3.8, 4) is 45.9 Å². The Kier molecular flexibility index (Phi) is 19.3. The molecule has 8 nitrogen and oxygen atoms in total. The van der Waals surface area contributed by atoms with Crippen molar-refractivity contribution < 1.29 is 39.0 Å². The Morgan fingerprint density at radius 3 is 0.767 bits per heavy atom. The van der Waals surface area contributed by atoms with Crippen LogP contribution in [0, 0.1) is 23.7 Å². The standard InChI is InChI=1S/C76H70N8.2Zn/c1-9-49(10-2)71-59-33-29-55(77-59)45-56-30-34-60(78-56)72(50(11-3)12-4)64-38-42-68(82-64)75(67-41-37-63(71)81-67)53-25-21-47(22-26-53)19-17-18-20-48-23-27-54(28-24-48)76-69-43-39-65(83-69)73(51(13-5)14-6)61-35-31-57(79-61)46-58-32-36-62(80-58)74(52(15-7)16-8)66-40-44-70(76)84-66;;/h21-46,49-52H,9-16H2,1-8H3;;/q-4;2*+2. The van der Waals surface area contributed by atoms with Crippen molar-refractivity contribution >= 4 is 92.7 Å². The maximum Gasteiger partial charge on any atom is 2.00 e. The van der Waals surface area contributed by atoms with Gasteiger partial charge >= 0.3 is 39.0 Å². The first kappa shape index (κ1) is 61.1. The Labute approximate surface area is 532 Å². The number of rotatable bonds is 14. The molecule has 0 radical (unpaired) electrons. The van der Waals surface area contributed by atoms with Crippen LogP contribution >= 0.6 is 0 Å². The Morgan fingerprint density at radius 1 is 0.302 bits per heavy atom. The molecule has 10 heteroatoms. The maximum absolute atomic E-state index is 5.43. The molecule has 4 aliphatic rings. The average Bonchev–Trinajstić information content (AvgIpc) is 2.29. The summed E-state index contributed by atoms with van der Waals surface area (Å²) in [6, 6.07) is 38.2. The molecule has 0 unspecified atom stereocenters. The summed E-state index contributed by atoms with van der Waals surface area (Å²) < 4.78 is 0. The minimum atomic E-state index is 0.